The summed E-state index contributed by atoms with van der Waals surface area (Å²) in [6, 6.07) is 14.7. The van der Waals surface area contributed by atoms with Gasteiger partial charge in [0.25, 0.3) is 5.91 Å². The van der Waals surface area contributed by atoms with Crippen molar-refractivity contribution in [1.82, 2.24) is 5.32 Å². The van der Waals surface area contributed by atoms with Crippen LogP contribution in [0.5, 0.6) is 0 Å². The van der Waals surface area contributed by atoms with Gasteiger partial charge in [0.15, 0.2) is 0 Å². The molecule has 0 spiro atoms. The third-order valence-electron chi connectivity index (χ3n) is 4.85. The standard InChI is InChI=1S/C21H25NO/c1-3-16-8-10-17(11-9-16)15(2)22-21(23)20-13-12-18-6-4-5-7-19(18)14-20/h8-15H,3-7H2,1-2H3,(H,22,23). The molecule has 1 unspecified atom stereocenters. The van der Waals surface area contributed by atoms with Crippen LogP contribution in [-0.2, 0) is 19.3 Å². The molecule has 0 fully saturated rings. The lowest BCUT2D eigenvalue weighted by Crippen LogP contribution is -2.27. The summed E-state index contributed by atoms with van der Waals surface area (Å²) < 4.78 is 0. The molecule has 120 valence electrons. The first kappa shape index (κ1) is 15.8. The molecule has 0 radical (unpaired) electrons. The number of amides is 1. The van der Waals surface area contributed by atoms with E-state index in [2.05, 4.69) is 48.6 Å². The van der Waals surface area contributed by atoms with Gasteiger partial charge in [0.2, 0.25) is 0 Å². The lowest BCUT2D eigenvalue weighted by atomic mass is 9.90. The van der Waals surface area contributed by atoms with Crippen molar-refractivity contribution in [2.75, 3.05) is 0 Å². The third-order valence-corrected chi connectivity index (χ3v) is 4.85. The number of aryl methyl sites for hydroxylation is 3. The number of benzene rings is 2. The molecular formula is C21H25NO. The van der Waals surface area contributed by atoms with E-state index in [1.807, 2.05) is 13.0 Å². The van der Waals surface area contributed by atoms with Crippen LogP contribution in [0, 0.1) is 0 Å². The first-order valence-corrected chi connectivity index (χ1v) is 8.69. The summed E-state index contributed by atoms with van der Waals surface area (Å²) in [6.07, 6.45) is 5.79. The van der Waals surface area contributed by atoms with Gasteiger partial charge in [0.05, 0.1) is 6.04 Å². The largest absolute Gasteiger partial charge is 0.346 e. The van der Waals surface area contributed by atoms with Gasteiger partial charge >= 0.3 is 0 Å². The molecule has 0 saturated heterocycles. The highest BCUT2D eigenvalue weighted by Gasteiger charge is 2.15. The van der Waals surface area contributed by atoms with Gasteiger partial charge in [-0.05, 0) is 73.4 Å². The average Bonchev–Trinajstić information content (AvgIpc) is 2.61. The van der Waals surface area contributed by atoms with Gasteiger partial charge in [-0.25, -0.2) is 0 Å². The van der Waals surface area contributed by atoms with Crippen LogP contribution in [0.25, 0.3) is 0 Å². The fraction of sp³-hybridized carbons (Fsp3) is 0.381. The van der Waals surface area contributed by atoms with Crippen molar-refractivity contribution < 1.29 is 4.79 Å². The van der Waals surface area contributed by atoms with E-state index in [-0.39, 0.29) is 11.9 Å². The molecule has 1 aliphatic rings. The van der Waals surface area contributed by atoms with Crippen molar-refractivity contribution in [2.24, 2.45) is 0 Å². The Labute approximate surface area is 138 Å². The van der Waals surface area contributed by atoms with Crippen LogP contribution >= 0.6 is 0 Å². The van der Waals surface area contributed by atoms with Crippen LogP contribution in [0.1, 0.15) is 65.3 Å². The second kappa shape index (κ2) is 6.99. The minimum absolute atomic E-state index is 0.0180. The minimum atomic E-state index is 0.0180. The van der Waals surface area contributed by atoms with E-state index >= 15 is 0 Å². The Balaban J connectivity index is 1.70. The van der Waals surface area contributed by atoms with E-state index in [1.165, 1.54) is 29.5 Å². The molecular weight excluding hydrogens is 282 g/mol. The molecule has 1 aliphatic carbocycles. The van der Waals surface area contributed by atoms with Gasteiger partial charge in [-0.2, -0.15) is 0 Å². The van der Waals surface area contributed by atoms with Crippen LogP contribution in [0.15, 0.2) is 42.5 Å². The average molecular weight is 307 g/mol. The van der Waals surface area contributed by atoms with Crippen molar-refractivity contribution >= 4 is 5.91 Å². The van der Waals surface area contributed by atoms with E-state index in [4.69, 9.17) is 0 Å². The first-order chi connectivity index (χ1) is 11.2. The van der Waals surface area contributed by atoms with Crippen molar-refractivity contribution in [2.45, 2.75) is 52.0 Å². The maximum atomic E-state index is 12.5. The summed E-state index contributed by atoms with van der Waals surface area (Å²) in [7, 11) is 0. The molecule has 23 heavy (non-hydrogen) atoms. The predicted molar refractivity (Wildman–Crippen MR) is 94.8 cm³/mol. The molecule has 1 atom stereocenters. The number of carbonyl (C=O) groups excluding carboxylic acids is 1. The number of nitrogens with one attached hydrogen (secondary N) is 1. The zero-order valence-electron chi connectivity index (χ0n) is 14.1. The Bertz CT molecular complexity index is 687. The highest BCUT2D eigenvalue weighted by molar-refractivity contribution is 5.94. The molecule has 0 heterocycles. The smallest absolute Gasteiger partial charge is 0.251 e. The molecule has 0 bridgehead atoms. The van der Waals surface area contributed by atoms with E-state index in [9.17, 15) is 4.79 Å². The molecule has 2 nitrogen and oxygen atoms in total. The maximum Gasteiger partial charge on any atom is 0.251 e. The number of hydrogen-bond donors (Lipinski definition) is 1. The van der Waals surface area contributed by atoms with Gasteiger partial charge in [-0.15, -0.1) is 0 Å². The molecule has 0 aromatic heterocycles. The van der Waals surface area contributed by atoms with Gasteiger partial charge in [0, 0.05) is 5.56 Å². The van der Waals surface area contributed by atoms with Gasteiger partial charge < -0.3 is 5.32 Å². The molecule has 0 saturated carbocycles. The fourth-order valence-corrected chi connectivity index (χ4v) is 3.28. The number of carbonyl (C=O) groups is 1. The van der Waals surface area contributed by atoms with E-state index < -0.39 is 0 Å². The molecule has 1 N–H and O–H groups in total. The van der Waals surface area contributed by atoms with Crippen LogP contribution in [0.4, 0.5) is 0 Å². The summed E-state index contributed by atoms with van der Waals surface area (Å²) in [5.41, 5.74) is 6.01. The Morgan fingerprint density at radius 1 is 1.04 bits per heavy atom. The zero-order valence-corrected chi connectivity index (χ0v) is 14.1. The summed E-state index contributed by atoms with van der Waals surface area (Å²) in [5, 5.41) is 3.12. The summed E-state index contributed by atoms with van der Waals surface area (Å²) in [6.45, 7) is 4.19. The fourth-order valence-electron chi connectivity index (χ4n) is 3.28. The molecule has 3 rings (SSSR count). The monoisotopic (exact) mass is 307 g/mol. The molecule has 2 heteroatoms. The Morgan fingerprint density at radius 3 is 2.43 bits per heavy atom. The van der Waals surface area contributed by atoms with Crippen LogP contribution in [0.3, 0.4) is 0 Å². The summed E-state index contributed by atoms with van der Waals surface area (Å²) in [5.74, 6) is 0.0189. The van der Waals surface area contributed by atoms with Gasteiger partial charge in [-0.1, -0.05) is 37.3 Å². The lowest BCUT2D eigenvalue weighted by Gasteiger charge is -2.18. The summed E-state index contributed by atoms with van der Waals surface area (Å²) >= 11 is 0. The van der Waals surface area contributed by atoms with Crippen LogP contribution < -0.4 is 5.32 Å². The quantitative estimate of drug-likeness (QED) is 0.877. The molecule has 1 amide bonds. The lowest BCUT2D eigenvalue weighted by molar-refractivity contribution is 0.0939. The van der Waals surface area contributed by atoms with Crippen LogP contribution in [0.2, 0.25) is 0 Å². The van der Waals surface area contributed by atoms with Crippen molar-refractivity contribution in [3.63, 3.8) is 0 Å². The topological polar surface area (TPSA) is 29.1 Å². The second-order valence-electron chi connectivity index (χ2n) is 6.48. The Kier molecular flexibility index (Phi) is 4.80. The highest BCUT2D eigenvalue weighted by Crippen LogP contribution is 2.22. The SMILES string of the molecule is CCc1ccc(C(C)NC(=O)c2ccc3c(c2)CCCC3)cc1. The second-order valence-corrected chi connectivity index (χ2v) is 6.48. The van der Waals surface area contributed by atoms with Gasteiger partial charge in [-0.3, -0.25) is 4.79 Å². The van der Waals surface area contributed by atoms with Crippen LogP contribution in [-0.4, -0.2) is 5.91 Å². The maximum absolute atomic E-state index is 12.5. The Hall–Kier alpha value is -2.09. The van der Waals surface area contributed by atoms with Crippen molar-refractivity contribution in [3.05, 3.63) is 70.3 Å². The predicted octanol–water partition coefficient (Wildman–Crippen LogP) is 4.62. The minimum Gasteiger partial charge on any atom is -0.346 e. The van der Waals surface area contributed by atoms with Crippen molar-refractivity contribution in [1.29, 1.82) is 0 Å². The summed E-state index contributed by atoms with van der Waals surface area (Å²) in [4.78, 5) is 12.5. The zero-order chi connectivity index (χ0) is 16.2. The molecule has 0 aliphatic heterocycles. The third kappa shape index (κ3) is 3.64. The normalized spacial score (nSPS) is 14.9. The molecule has 2 aromatic carbocycles. The molecule has 2 aromatic rings. The Morgan fingerprint density at radius 2 is 1.74 bits per heavy atom. The number of hydrogen-bond acceptors (Lipinski definition) is 1. The van der Waals surface area contributed by atoms with E-state index in [0.29, 0.717) is 0 Å². The number of fused-ring (bicyclic) bond motifs is 1. The van der Waals surface area contributed by atoms with E-state index in [1.54, 1.807) is 0 Å². The van der Waals surface area contributed by atoms with Crippen molar-refractivity contribution in [3.8, 4) is 0 Å². The first-order valence-electron chi connectivity index (χ1n) is 8.69. The van der Waals surface area contributed by atoms with E-state index in [0.717, 1.165) is 30.4 Å². The number of rotatable bonds is 4. The van der Waals surface area contributed by atoms with Gasteiger partial charge in [0.1, 0.15) is 0 Å². The highest BCUT2D eigenvalue weighted by atomic mass is 16.1.